The van der Waals surface area contributed by atoms with E-state index in [0.29, 0.717) is 17.4 Å². The molecule has 0 aliphatic carbocycles. The molecule has 1 saturated heterocycles. The second-order valence-corrected chi connectivity index (χ2v) is 5.32. The Balaban J connectivity index is 2.77. The summed E-state index contributed by atoms with van der Waals surface area (Å²) >= 11 is 0. The van der Waals surface area contributed by atoms with Crippen LogP contribution in [0.4, 0.5) is 0 Å². The molecule has 0 aromatic rings. The van der Waals surface area contributed by atoms with Crippen LogP contribution < -0.4 is 0 Å². The zero-order valence-electron chi connectivity index (χ0n) is 10.4. The van der Waals surface area contributed by atoms with Crippen LogP contribution >= 0.6 is 0 Å². The minimum absolute atomic E-state index is 0.0580. The molecule has 0 spiro atoms. The summed E-state index contributed by atoms with van der Waals surface area (Å²) in [4.78, 5) is 24.7. The number of carbonyl (C=O) groups excluding carboxylic acids is 1. The van der Waals surface area contributed by atoms with Gasteiger partial charge in [0.2, 0.25) is 0 Å². The van der Waals surface area contributed by atoms with Crippen molar-refractivity contribution in [2.75, 3.05) is 27.7 Å². The number of nitrogens with zero attached hydrogens (tertiary/aromatic N) is 2. The smallest absolute Gasteiger partial charge is 0.326 e. The number of hydrogen-bond donors (Lipinski definition) is 1. The lowest BCUT2D eigenvalue weighted by molar-refractivity contribution is -0.884. The van der Waals surface area contributed by atoms with Crippen molar-refractivity contribution in [2.45, 2.75) is 31.8 Å². The number of aliphatic carboxylic acids is 1. The summed E-state index contributed by atoms with van der Waals surface area (Å²) in [6.45, 7) is 2.42. The lowest BCUT2D eigenvalue weighted by atomic mass is 10.2. The fourth-order valence-electron chi connectivity index (χ4n) is 1.86. The fourth-order valence-corrected chi connectivity index (χ4v) is 1.86. The first kappa shape index (κ1) is 13.0. The molecule has 0 bridgehead atoms. The fraction of sp³-hybridized carbons (Fsp3) is 0.818. The van der Waals surface area contributed by atoms with Gasteiger partial charge in [-0.05, 0) is 19.8 Å². The monoisotopic (exact) mass is 229 g/mol. The van der Waals surface area contributed by atoms with Gasteiger partial charge in [-0.1, -0.05) is 0 Å². The van der Waals surface area contributed by atoms with Gasteiger partial charge in [-0.2, -0.15) is 0 Å². The summed E-state index contributed by atoms with van der Waals surface area (Å²) in [6, 6.07) is -0.832. The standard InChI is InChI=1S/C11H20N2O3/c1-8(13(2,3)4)10(14)12-7-5-6-9(12)11(15)16/h8-9H,5-7H2,1-4H3/p+1/t8-,9-/m0/s1. The predicted molar refractivity (Wildman–Crippen MR) is 59.9 cm³/mol. The van der Waals surface area contributed by atoms with Crippen molar-refractivity contribution >= 4 is 11.9 Å². The maximum atomic E-state index is 12.2. The number of carboxylic acid groups (broad SMARTS) is 1. The number of rotatable bonds is 3. The second kappa shape index (κ2) is 4.41. The first-order valence-electron chi connectivity index (χ1n) is 5.59. The summed E-state index contributed by atoms with van der Waals surface area (Å²) < 4.78 is 0.516. The van der Waals surface area contributed by atoms with E-state index >= 15 is 0 Å². The van der Waals surface area contributed by atoms with Crippen LogP contribution in [0.2, 0.25) is 0 Å². The third-order valence-corrected chi connectivity index (χ3v) is 3.34. The van der Waals surface area contributed by atoms with Crippen LogP contribution in [0.1, 0.15) is 19.8 Å². The molecule has 16 heavy (non-hydrogen) atoms. The molecule has 1 amide bonds. The Morgan fingerprint density at radius 3 is 2.38 bits per heavy atom. The normalized spacial score (nSPS) is 23.2. The van der Waals surface area contributed by atoms with Gasteiger partial charge < -0.3 is 14.5 Å². The topological polar surface area (TPSA) is 57.6 Å². The molecule has 1 heterocycles. The highest BCUT2D eigenvalue weighted by Gasteiger charge is 2.39. The van der Waals surface area contributed by atoms with Crippen molar-refractivity contribution < 1.29 is 19.2 Å². The highest BCUT2D eigenvalue weighted by molar-refractivity contribution is 5.86. The average Bonchev–Trinajstić information content (AvgIpc) is 2.62. The molecular weight excluding hydrogens is 208 g/mol. The molecule has 1 aliphatic heterocycles. The van der Waals surface area contributed by atoms with Crippen molar-refractivity contribution in [3.63, 3.8) is 0 Å². The number of likely N-dealkylation sites (N-methyl/N-ethyl adjacent to an activating group) is 1. The van der Waals surface area contributed by atoms with Crippen LogP contribution in [0, 0.1) is 0 Å². The highest BCUT2D eigenvalue weighted by atomic mass is 16.4. The van der Waals surface area contributed by atoms with Gasteiger partial charge in [0.25, 0.3) is 5.91 Å². The van der Waals surface area contributed by atoms with Crippen molar-refractivity contribution in [1.29, 1.82) is 0 Å². The van der Waals surface area contributed by atoms with E-state index in [9.17, 15) is 9.59 Å². The first-order chi connectivity index (χ1) is 7.25. The van der Waals surface area contributed by atoms with Crippen molar-refractivity contribution in [3.05, 3.63) is 0 Å². The second-order valence-electron chi connectivity index (χ2n) is 5.32. The van der Waals surface area contributed by atoms with E-state index in [1.165, 1.54) is 4.90 Å². The quantitative estimate of drug-likeness (QED) is 0.701. The molecule has 2 atom stereocenters. The van der Waals surface area contributed by atoms with Gasteiger partial charge in [-0.15, -0.1) is 0 Å². The summed E-state index contributed by atoms with van der Waals surface area (Å²) in [7, 11) is 5.82. The molecular formula is C11H21N2O3+. The summed E-state index contributed by atoms with van der Waals surface area (Å²) in [5.41, 5.74) is 0. The molecule has 5 heteroatoms. The SMILES string of the molecule is C[C@@H](C(=O)N1CCC[C@H]1C(=O)O)[N+](C)(C)C. The number of carboxylic acids is 1. The Morgan fingerprint density at radius 2 is 1.94 bits per heavy atom. The van der Waals surface area contributed by atoms with Crippen LogP contribution in [0.15, 0.2) is 0 Å². The summed E-state index contributed by atoms with van der Waals surface area (Å²) in [5, 5.41) is 9.02. The van der Waals surface area contributed by atoms with Crippen LogP contribution in [-0.2, 0) is 9.59 Å². The molecule has 0 radical (unpaired) electrons. The zero-order chi connectivity index (χ0) is 12.5. The molecule has 0 aromatic carbocycles. The molecule has 92 valence electrons. The van der Waals surface area contributed by atoms with Gasteiger partial charge in [0.15, 0.2) is 6.04 Å². The van der Waals surface area contributed by atoms with Gasteiger partial charge in [0.05, 0.1) is 21.1 Å². The van der Waals surface area contributed by atoms with E-state index in [1.54, 1.807) is 0 Å². The van der Waals surface area contributed by atoms with E-state index in [2.05, 4.69) is 0 Å². The number of amides is 1. The lowest BCUT2D eigenvalue weighted by Crippen LogP contribution is -2.55. The van der Waals surface area contributed by atoms with Crippen molar-refractivity contribution in [3.8, 4) is 0 Å². The van der Waals surface area contributed by atoms with Crippen LogP contribution in [0.5, 0.6) is 0 Å². The number of quaternary nitrogens is 1. The number of carbonyl (C=O) groups is 2. The molecule has 1 rings (SSSR count). The molecule has 1 fully saturated rings. The van der Waals surface area contributed by atoms with Crippen molar-refractivity contribution in [1.82, 2.24) is 4.90 Å². The largest absolute Gasteiger partial charge is 0.480 e. The van der Waals surface area contributed by atoms with Crippen LogP contribution in [0.3, 0.4) is 0 Å². The molecule has 0 aromatic heterocycles. The number of likely N-dealkylation sites (tertiary alicyclic amines) is 1. The van der Waals surface area contributed by atoms with E-state index in [-0.39, 0.29) is 11.9 Å². The van der Waals surface area contributed by atoms with Crippen LogP contribution in [0.25, 0.3) is 0 Å². The van der Waals surface area contributed by atoms with Crippen LogP contribution in [-0.4, -0.2) is 66.1 Å². The first-order valence-corrected chi connectivity index (χ1v) is 5.59. The van der Waals surface area contributed by atoms with Gasteiger partial charge in [0, 0.05) is 6.54 Å². The van der Waals surface area contributed by atoms with E-state index in [1.807, 2.05) is 28.1 Å². The third-order valence-electron chi connectivity index (χ3n) is 3.34. The molecule has 0 saturated carbocycles. The molecule has 1 N–H and O–H groups in total. The Hall–Kier alpha value is -1.10. The van der Waals surface area contributed by atoms with Gasteiger partial charge in [-0.25, -0.2) is 4.79 Å². The third kappa shape index (κ3) is 2.52. The molecule has 1 aliphatic rings. The molecule has 5 nitrogen and oxygen atoms in total. The Kier molecular flexibility index (Phi) is 3.57. The van der Waals surface area contributed by atoms with Crippen molar-refractivity contribution in [2.24, 2.45) is 0 Å². The summed E-state index contributed by atoms with van der Waals surface area (Å²) in [5.74, 6) is -0.947. The van der Waals surface area contributed by atoms with E-state index in [4.69, 9.17) is 5.11 Å². The minimum Gasteiger partial charge on any atom is -0.480 e. The average molecular weight is 229 g/mol. The van der Waals surface area contributed by atoms with Gasteiger partial charge in [0.1, 0.15) is 6.04 Å². The zero-order valence-corrected chi connectivity index (χ0v) is 10.4. The maximum absolute atomic E-state index is 12.2. The van der Waals surface area contributed by atoms with E-state index < -0.39 is 12.0 Å². The Labute approximate surface area is 96.2 Å². The van der Waals surface area contributed by atoms with Gasteiger partial charge >= 0.3 is 5.97 Å². The lowest BCUT2D eigenvalue weighted by Gasteiger charge is -2.34. The van der Waals surface area contributed by atoms with E-state index in [0.717, 1.165) is 6.42 Å². The predicted octanol–water partition coefficient (Wildman–Crippen LogP) is 0.157. The Bertz CT molecular complexity index is 296. The number of hydrogen-bond acceptors (Lipinski definition) is 2. The highest BCUT2D eigenvalue weighted by Crippen LogP contribution is 2.20. The summed E-state index contributed by atoms with van der Waals surface area (Å²) in [6.07, 6.45) is 1.36. The Morgan fingerprint density at radius 1 is 1.38 bits per heavy atom. The minimum atomic E-state index is -0.889. The molecule has 0 unspecified atom stereocenters. The van der Waals surface area contributed by atoms with Gasteiger partial charge in [-0.3, -0.25) is 4.79 Å². The maximum Gasteiger partial charge on any atom is 0.326 e.